The molecule has 0 amide bonds. The van der Waals surface area contributed by atoms with Gasteiger partial charge in [-0.25, -0.2) is 13.1 Å². The molecule has 1 unspecified atom stereocenters. The Hall–Kier alpha value is 0.780. The smallest absolute Gasteiger partial charge is 0.735 e. The Morgan fingerprint density at radius 3 is 1.98 bits per heavy atom. The summed E-state index contributed by atoms with van der Waals surface area (Å²) in [5.41, 5.74) is 0. The number of aliphatic hydroxyl groups excluding tert-OH is 8. The molecule has 0 radical (unpaired) electrons. The topological polar surface area (TPSA) is 327 Å². The van der Waals surface area contributed by atoms with Crippen LogP contribution in [0.15, 0.2) is 0 Å². The van der Waals surface area contributed by atoms with E-state index in [0.717, 1.165) is 7.11 Å². The molecule has 20 nitrogen and oxygen atoms in total. The fraction of sp³-hybridized carbons (Fsp3) is 0.947. The number of hydrogen-bond donors (Lipinski definition) is 9. The Labute approximate surface area is 282 Å². The van der Waals surface area contributed by atoms with Crippen molar-refractivity contribution in [3.05, 3.63) is 0 Å². The molecule has 0 saturated carbocycles. The van der Waals surface area contributed by atoms with Gasteiger partial charge in [0.25, 0.3) is 0 Å². The zero-order valence-corrected chi connectivity index (χ0v) is 27.4. The monoisotopic (exact) mass is 655 g/mol. The van der Waals surface area contributed by atoms with Crippen LogP contribution in [-0.4, -0.2) is 172 Å². The summed E-state index contributed by atoms with van der Waals surface area (Å²) < 4.78 is 66.4. The van der Waals surface area contributed by atoms with Crippen molar-refractivity contribution in [2.75, 3.05) is 20.3 Å². The Balaban J connectivity index is 0.00000441. The van der Waals surface area contributed by atoms with Crippen molar-refractivity contribution in [2.45, 2.75) is 92.1 Å². The first-order chi connectivity index (χ1) is 18.6. The number of ether oxygens (including phenoxy) is 6. The van der Waals surface area contributed by atoms with Crippen molar-refractivity contribution in [3.63, 3.8) is 0 Å². The molecule has 23 heteroatoms. The molecule has 9 N–H and O–H groups in total. The van der Waals surface area contributed by atoms with E-state index in [2.05, 4.69) is 0 Å². The maximum absolute atomic E-state index is 11.8. The molecule has 0 aromatic rings. The van der Waals surface area contributed by atoms with Crippen LogP contribution in [0.4, 0.5) is 0 Å². The van der Waals surface area contributed by atoms with Crippen molar-refractivity contribution in [1.82, 2.24) is 4.72 Å². The largest absolute Gasteiger partial charge is 1.00 e. The SMILES string of the molecule is CO[C@H]1[C@H](O)[C@@H](NS(=O)(=O)[O-])[C@@H](O[C@H]2[C@H](O)[C@@H](O)[C@H](OC[C@H]3OC(O)[C@H](O)[C@@H](O)[C@@H]3O)O[C@@H]2C(=O)[O-])O[C@@H]1CO.[Na+].[Na+]. The van der Waals surface area contributed by atoms with Gasteiger partial charge < -0.3 is 83.7 Å². The first-order valence-electron chi connectivity index (χ1n) is 11.7. The molecule has 3 aliphatic rings. The number of nitrogens with one attached hydrogen (secondary N) is 1. The number of methoxy groups -OCH3 is 1. The van der Waals surface area contributed by atoms with Gasteiger partial charge in [-0.05, 0) is 0 Å². The summed E-state index contributed by atoms with van der Waals surface area (Å²) in [6, 6.07) is -1.96. The Morgan fingerprint density at radius 2 is 1.45 bits per heavy atom. The van der Waals surface area contributed by atoms with Gasteiger partial charge in [-0.15, -0.1) is 0 Å². The van der Waals surface area contributed by atoms with Gasteiger partial charge in [0.05, 0.1) is 19.2 Å². The van der Waals surface area contributed by atoms with Gasteiger partial charge in [-0.2, -0.15) is 0 Å². The van der Waals surface area contributed by atoms with Gasteiger partial charge >= 0.3 is 59.1 Å². The maximum atomic E-state index is 11.8. The molecule has 0 aliphatic carbocycles. The van der Waals surface area contributed by atoms with Crippen molar-refractivity contribution < 1.29 is 151 Å². The molecule has 3 heterocycles. The molecule has 0 bridgehead atoms. The van der Waals surface area contributed by atoms with E-state index in [9.17, 15) is 63.7 Å². The van der Waals surface area contributed by atoms with Crippen LogP contribution in [0.5, 0.6) is 0 Å². The molecule has 0 aromatic carbocycles. The van der Waals surface area contributed by atoms with Gasteiger partial charge in [0.1, 0.15) is 73.2 Å². The number of rotatable bonds is 10. The Morgan fingerprint density at radius 1 is 0.833 bits per heavy atom. The third-order valence-corrected chi connectivity index (χ3v) is 7.15. The van der Waals surface area contributed by atoms with Gasteiger partial charge in [0.15, 0.2) is 29.2 Å². The normalized spacial score (nSPS) is 44.5. The van der Waals surface area contributed by atoms with Crippen LogP contribution in [0, 0.1) is 0 Å². The summed E-state index contributed by atoms with van der Waals surface area (Å²) in [4.78, 5) is 11.8. The van der Waals surface area contributed by atoms with Crippen molar-refractivity contribution in [2.24, 2.45) is 0 Å². The molecular formula is C19H31NNa2O19S. The van der Waals surface area contributed by atoms with Gasteiger partial charge in [-0.3, -0.25) is 0 Å². The second-order valence-corrected chi connectivity index (χ2v) is 10.4. The Kier molecular flexibility index (Phi) is 16.6. The van der Waals surface area contributed by atoms with Crippen LogP contribution in [0.2, 0.25) is 0 Å². The minimum absolute atomic E-state index is 0. The van der Waals surface area contributed by atoms with Crippen molar-refractivity contribution >= 4 is 16.3 Å². The van der Waals surface area contributed by atoms with Crippen LogP contribution in [0.1, 0.15) is 0 Å². The van der Waals surface area contributed by atoms with Crippen molar-refractivity contribution in [3.8, 4) is 0 Å². The molecule has 0 aromatic heterocycles. The third-order valence-electron chi connectivity index (χ3n) is 6.59. The van der Waals surface area contributed by atoms with Gasteiger partial charge in [0.2, 0.25) is 0 Å². The van der Waals surface area contributed by atoms with Crippen LogP contribution in [0.25, 0.3) is 0 Å². The molecule has 3 saturated heterocycles. The van der Waals surface area contributed by atoms with E-state index in [1.165, 1.54) is 4.72 Å². The summed E-state index contributed by atoms with van der Waals surface area (Å²) >= 11 is 0. The minimum Gasteiger partial charge on any atom is -0.735 e. The second-order valence-electron chi connectivity index (χ2n) is 9.21. The van der Waals surface area contributed by atoms with Crippen LogP contribution in [-0.2, 0) is 43.5 Å². The third kappa shape index (κ3) is 9.42. The first-order valence-corrected chi connectivity index (χ1v) is 13.1. The minimum atomic E-state index is -5.30. The number of carbonyl (C=O) groups is 1. The zero-order valence-electron chi connectivity index (χ0n) is 22.6. The molecule has 3 aliphatic heterocycles. The molecule has 15 atom stereocenters. The van der Waals surface area contributed by atoms with Gasteiger partial charge in [-0.1, -0.05) is 0 Å². The standard InChI is InChI=1S/C19H33NO19S.2Na/c1-34-13-4(2-21)37-18(6(8(13)23)20-40(31,32)33)38-14-10(25)12(27)19(39-15(14)16(28)29)35-3-5-7(22)9(24)11(26)17(30)36-5;;/h4-15,17-27,30H,2-3H2,1H3,(H,28,29)(H,31,32,33);;/q;2*+1/p-2/t4-,5-,6-,7-,8-,9+,10-,11-,12-,13-,14+,15+,17?,18-,19-;;/m1../s1. The quantitative estimate of drug-likeness (QED) is 0.0779. The fourth-order valence-electron chi connectivity index (χ4n) is 4.50. The predicted molar refractivity (Wildman–Crippen MR) is 115 cm³/mol. The summed E-state index contributed by atoms with van der Waals surface area (Å²) in [6.07, 6.45) is -26.4. The maximum Gasteiger partial charge on any atom is 1.00 e. The number of carbonyl (C=O) groups excluding carboxylic acids is 1. The Bertz CT molecular complexity index is 967. The summed E-state index contributed by atoms with van der Waals surface area (Å²) in [5, 5.41) is 92.1. The molecular weight excluding hydrogens is 624 g/mol. The summed E-state index contributed by atoms with van der Waals surface area (Å²) in [5.74, 6) is -2.04. The van der Waals surface area contributed by atoms with Crippen molar-refractivity contribution in [1.29, 1.82) is 0 Å². The molecule has 234 valence electrons. The van der Waals surface area contributed by atoms with Crippen LogP contribution < -0.4 is 68.9 Å². The zero-order chi connectivity index (χ0) is 30.1. The van der Waals surface area contributed by atoms with Gasteiger partial charge in [0, 0.05) is 7.11 Å². The first kappa shape index (κ1) is 40.8. The van der Waals surface area contributed by atoms with E-state index >= 15 is 0 Å². The average Bonchev–Trinajstić information content (AvgIpc) is 2.88. The van der Waals surface area contributed by atoms with Crippen LogP contribution >= 0.6 is 0 Å². The predicted octanol–water partition coefficient (Wildman–Crippen LogP) is -15.1. The number of carboxylic acids is 1. The van der Waals surface area contributed by atoms with E-state index in [4.69, 9.17) is 28.4 Å². The van der Waals surface area contributed by atoms with E-state index in [1.54, 1.807) is 0 Å². The van der Waals surface area contributed by atoms with E-state index < -0.39 is 122 Å². The second kappa shape index (κ2) is 17.1. The number of aliphatic carboxylic acids is 1. The van der Waals surface area contributed by atoms with E-state index in [0.29, 0.717) is 0 Å². The number of hydrogen-bond acceptors (Lipinski definition) is 19. The van der Waals surface area contributed by atoms with E-state index in [1.807, 2.05) is 0 Å². The summed E-state index contributed by atoms with van der Waals surface area (Å²) in [7, 11) is -4.22. The van der Waals surface area contributed by atoms with E-state index in [-0.39, 0.29) is 59.1 Å². The number of carboxylic acid groups (broad SMARTS) is 1. The molecule has 3 rings (SSSR count). The summed E-state index contributed by atoms with van der Waals surface area (Å²) in [6.45, 7) is -1.60. The molecule has 3 fully saturated rings. The number of aliphatic hydroxyl groups is 8. The fourth-order valence-corrected chi connectivity index (χ4v) is 5.08. The molecule has 0 spiro atoms. The average molecular weight is 655 g/mol. The van der Waals surface area contributed by atoms with Crippen LogP contribution in [0.3, 0.4) is 0 Å². The molecule has 42 heavy (non-hydrogen) atoms.